The average molecular weight is 384 g/mol. The Kier molecular flexibility index (Phi) is 5.64. The lowest BCUT2D eigenvalue weighted by Gasteiger charge is -2.41. The number of halogens is 1. The molecule has 0 aliphatic carbocycles. The number of anilines is 2. The van der Waals surface area contributed by atoms with Gasteiger partial charge in [-0.3, -0.25) is 0 Å². The van der Waals surface area contributed by atoms with Crippen LogP contribution < -0.4 is 10.6 Å². The maximum atomic E-state index is 14.2. The zero-order chi connectivity index (χ0) is 20.5. The van der Waals surface area contributed by atoms with Crippen molar-refractivity contribution in [2.75, 3.05) is 24.3 Å². The molecule has 2 aromatic rings. The summed E-state index contributed by atoms with van der Waals surface area (Å²) in [4.78, 5) is 11.8. The summed E-state index contributed by atoms with van der Waals surface area (Å²) in [6.07, 6.45) is 0.803. The van der Waals surface area contributed by atoms with Gasteiger partial charge in [-0.25, -0.2) is 9.18 Å². The highest BCUT2D eigenvalue weighted by Crippen LogP contribution is 2.45. The third-order valence-corrected chi connectivity index (χ3v) is 5.28. The van der Waals surface area contributed by atoms with E-state index in [4.69, 9.17) is 4.74 Å². The Morgan fingerprint density at radius 1 is 1.29 bits per heavy atom. The summed E-state index contributed by atoms with van der Waals surface area (Å²) in [6.45, 7) is 9.28. The van der Waals surface area contributed by atoms with Crippen LogP contribution in [0.25, 0.3) is 0 Å². The second kappa shape index (κ2) is 7.82. The minimum absolute atomic E-state index is 0.0316. The van der Waals surface area contributed by atoms with Gasteiger partial charge in [0.05, 0.1) is 24.4 Å². The Labute approximate surface area is 166 Å². The van der Waals surface area contributed by atoms with E-state index in [2.05, 4.69) is 38.3 Å². The molecule has 1 aliphatic heterocycles. The molecule has 2 N–H and O–H groups in total. The van der Waals surface area contributed by atoms with E-state index in [1.165, 1.54) is 13.2 Å². The van der Waals surface area contributed by atoms with Crippen LogP contribution >= 0.6 is 0 Å². The Hall–Kier alpha value is -2.56. The second-order valence-electron chi connectivity index (χ2n) is 8.62. The van der Waals surface area contributed by atoms with Crippen LogP contribution in [0.4, 0.5) is 15.8 Å². The van der Waals surface area contributed by atoms with Crippen molar-refractivity contribution in [2.45, 2.75) is 40.2 Å². The van der Waals surface area contributed by atoms with E-state index >= 15 is 0 Å². The zero-order valence-electron chi connectivity index (χ0n) is 17.2. The van der Waals surface area contributed by atoms with Gasteiger partial charge in [-0.15, -0.1) is 0 Å². The van der Waals surface area contributed by atoms with E-state index in [-0.39, 0.29) is 23.2 Å². The molecule has 1 atom stereocenters. The Morgan fingerprint density at radius 2 is 2.04 bits per heavy atom. The highest BCUT2D eigenvalue weighted by atomic mass is 19.1. The molecule has 4 nitrogen and oxygen atoms in total. The molecule has 0 saturated heterocycles. The maximum Gasteiger partial charge on any atom is 0.337 e. The largest absolute Gasteiger partial charge is 0.465 e. The number of carbonyl (C=O) groups excluding carboxylic acids is 1. The third kappa shape index (κ3) is 4.13. The molecule has 1 unspecified atom stereocenters. The summed E-state index contributed by atoms with van der Waals surface area (Å²) in [5.74, 6) is -0.133. The van der Waals surface area contributed by atoms with Gasteiger partial charge in [-0.2, -0.15) is 0 Å². The summed E-state index contributed by atoms with van der Waals surface area (Å²) >= 11 is 0. The van der Waals surface area contributed by atoms with E-state index in [1.807, 2.05) is 24.3 Å². The van der Waals surface area contributed by atoms with E-state index < -0.39 is 0 Å². The number of rotatable bonds is 5. The SMILES string of the molecule is COC(=O)c1ccc2c(c1)CC(C)(C)C(c1ccc(F)c(NCC(C)C)c1)N2. The molecule has 5 heteroatoms. The van der Waals surface area contributed by atoms with Gasteiger partial charge in [-0.05, 0) is 59.2 Å². The highest BCUT2D eigenvalue weighted by molar-refractivity contribution is 5.90. The van der Waals surface area contributed by atoms with Crippen molar-refractivity contribution in [1.82, 2.24) is 0 Å². The highest BCUT2D eigenvalue weighted by Gasteiger charge is 2.36. The molecule has 150 valence electrons. The van der Waals surface area contributed by atoms with Gasteiger partial charge in [0.2, 0.25) is 0 Å². The first kappa shape index (κ1) is 20.2. The molecule has 28 heavy (non-hydrogen) atoms. The minimum atomic E-state index is -0.331. The normalized spacial score (nSPS) is 17.6. The fourth-order valence-corrected chi connectivity index (χ4v) is 3.78. The smallest absolute Gasteiger partial charge is 0.337 e. The molecular formula is C23H29FN2O2. The van der Waals surface area contributed by atoms with Crippen LogP contribution in [-0.4, -0.2) is 19.6 Å². The van der Waals surface area contributed by atoms with Gasteiger partial charge in [-0.1, -0.05) is 33.8 Å². The van der Waals surface area contributed by atoms with Gasteiger partial charge >= 0.3 is 5.97 Å². The van der Waals surface area contributed by atoms with Crippen molar-refractivity contribution >= 4 is 17.3 Å². The minimum Gasteiger partial charge on any atom is -0.465 e. The fraction of sp³-hybridized carbons (Fsp3) is 0.435. The number of carbonyl (C=O) groups is 1. The first-order valence-electron chi connectivity index (χ1n) is 9.72. The maximum absolute atomic E-state index is 14.2. The number of esters is 1. The fourth-order valence-electron chi connectivity index (χ4n) is 3.78. The summed E-state index contributed by atoms with van der Waals surface area (Å²) in [7, 11) is 1.39. The lowest BCUT2D eigenvalue weighted by atomic mass is 9.72. The summed E-state index contributed by atoms with van der Waals surface area (Å²) < 4.78 is 19.1. The first-order valence-corrected chi connectivity index (χ1v) is 9.72. The number of benzene rings is 2. The summed E-state index contributed by atoms with van der Waals surface area (Å²) in [6, 6.07) is 10.9. The van der Waals surface area contributed by atoms with E-state index in [0.717, 1.165) is 29.8 Å². The van der Waals surface area contributed by atoms with E-state index in [9.17, 15) is 9.18 Å². The van der Waals surface area contributed by atoms with Crippen molar-refractivity contribution in [3.8, 4) is 0 Å². The standard InChI is InChI=1S/C23H29FN2O2/c1-14(2)13-25-20-11-15(6-8-18(20)24)21-23(3,4)12-17-10-16(22(27)28-5)7-9-19(17)26-21/h6-11,14,21,25-26H,12-13H2,1-5H3. The topological polar surface area (TPSA) is 50.4 Å². The molecule has 0 bridgehead atoms. The van der Waals surface area contributed by atoms with Crippen molar-refractivity contribution in [1.29, 1.82) is 0 Å². The van der Waals surface area contributed by atoms with Crippen LogP contribution in [0.15, 0.2) is 36.4 Å². The summed E-state index contributed by atoms with van der Waals surface area (Å²) in [5.41, 5.74) is 4.10. The van der Waals surface area contributed by atoms with Crippen molar-refractivity contribution in [3.05, 3.63) is 58.9 Å². The van der Waals surface area contributed by atoms with Gasteiger partial charge in [0.15, 0.2) is 0 Å². The Balaban J connectivity index is 1.91. The van der Waals surface area contributed by atoms with Crippen LogP contribution in [0.5, 0.6) is 0 Å². The van der Waals surface area contributed by atoms with Crippen molar-refractivity contribution < 1.29 is 13.9 Å². The number of methoxy groups -OCH3 is 1. The molecule has 1 aliphatic rings. The molecule has 0 spiro atoms. The van der Waals surface area contributed by atoms with Gasteiger partial charge in [0.25, 0.3) is 0 Å². The van der Waals surface area contributed by atoms with Crippen LogP contribution in [0.1, 0.15) is 55.2 Å². The van der Waals surface area contributed by atoms with Crippen LogP contribution in [0.3, 0.4) is 0 Å². The molecule has 2 aromatic carbocycles. The predicted octanol–water partition coefficient (Wildman–Crippen LogP) is 5.42. The van der Waals surface area contributed by atoms with E-state index in [1.54, 1.807) is 6.07 Å². The Morgan fingerprint density at radius 3 is 2.71 bits per heavy atom. The number of ether oxygens (including phenoxy) is 1. The number of nitrogens with one attached hydrogen (secondary N) is 2. The molecule has 1 heterocycles. The van der Waals surface area contributed by atoms with Crippen LogP contribution in [0.2, 0.25) is 0 Å². The van der Waals surface area contributed by atoms with Crippen LogP contribution in [-0.2, 0) is 11.2 Å². The van der Waals surface area contributed by atoms with Crippen LogP contribution in [0, 0.1) is 17.2 Å². The molecule has 0 amide bonds. The molecule has 0 aromatic heterocycles. The average Bonchev–Trinajstić information content (AvgIpc) is 2.65. The third-order valence-electron chi connectivity index (χ3n) is 5.28. The second-order valence-corrected chi connectivity index (χ2v) is 8.62. The monoisotopic (exact) mass is 384 g/mol. The molecular weight excluding hydrogens is 355 g/mol. The molecule has 0 saturated carbocycles. The molecule has 0 radical (unpaired) electrons. The predicted molar refractivity (Wildman–Crippen MR) is 111 cm³/mol. The van der Waals surface area contributed by atoms with Gasteiger partial charge in [0.1, 0.15) is 5.82 Å². The van der Waals surface area contributed by atoms with E-state index in [0.29, 0.717) is 17.2 Å². The number of fused-ring (bicyclic) bond motifs is 1. The van der Waals surface area contributed by atoms with Crippen molar-refractivity contribution in [2.24, 2.45) is 11.3 Å². The molecule has 0 fully saturated rings. The van der Waals surface area contributed by atoms with Gasteiger partial charge < -0.3 is 15.4 Å². The number of hydrogen-bond donors (Lipinski definition) is 2. The zero-order valence-corrected chi connectivity index (χ0v) is 17.2. The quantitative estimate of drug-likeness (QED) is 0.676. The number of hydrogen-bond acceptors (Lipinski definition) is 4. The van der Waals surface area contributed by atoms with Gasteiger partial charge in [0, 0.05) is 12.2 Å². The lowest BCUT2D eigenvalue weighted by Crippen LogP contribution is -2.35. The Bertz CT molecular complexity index is 877. The molecule has 3 rings (SSSR count). The lowest BCUT2D eigenvalue weighted by molar-refractivity contribution is 0.0600. The summed E-state index contributed by atoms with van der Waals surface area (Å²) in [5, 5.41) is 6.81. The first-order chi connectivity index (χ1) is 13.2. The van der Waals surface area contributed by atoms with Crippen molar-refractivity contribution in [3.63, 3.8) is 0 Å².